The fourth-order valence-electron chi connectivity index (χ4n) is 1.71. The average Bonchev–Trinajstić information content (AvgIpc) is 2.61. The fraction of sp³-hybridized carbons (Fsp3) is 0.533. The van der Waals surface area contributed by atoms with E-state index < -0.39 is 12.3 Å². The second kappa shape index (κ2) is 12.2. The van der Waals surface area contributed by atoms with Gasteiger partial charge in [0.05, 0.1) is 25.4 Å². The smallest absolute Gasteiger partial charge is 0.332 e. The zero-order valence-electron chi connectivity index (χ0n) is 13.7. The van der Waals surface area contributed by atoms with Crippen LogP contribution in [0.2, 0.25) is 0 Å². The van der Waals surface area contributed by atoms with Gasteiger partial charge in [-0.1, -0.05) is 18.9 Å². The molecule has 0 aromatic heterocycles. The zero-order valence-corrected chi connectivity index (χ0v) is 15.4. The van der Waals surface area contributed by atoms with Gasteiger partial charge in [-0.05, 0) is 12.1 Å². The maximum absolute atomic E-state index is 12.1. The van der Waals surface area contributed by atoms with E-state index in [4.69, 9.17) is 30.5 Å². The summed E-state index contributed by atoms with van der Waals surface area (Å²) in [5.41, 5.74) is 0.571. The number of nitrogens with zero attached hydrogens (tertiary/aromatic N) is 1. The van der Waals surface area contributed by atoms with Crippen LogP contribution in [0.3, 0.4) is 0 Å². The highest BCUT2D eigenvalue weighted by atomic mass is 35.5. The standard InChI is InChI=1S/C15H23ClN2O5S/c1-20-14(21-2)11-17-15(19)18(24)12-4-3-5-13(10-12)23-9-8-22-7-6-16/h3-5,10,14,24H,6-9,11H2,1-2H3,(H,17,19). The number of urea groups is 1. The van der Waals surface area contributed by atoms with Crippen molar-refractivity contribution in [2.75, 3.05) is 50.8 Å². The van der Waals surface area contributed by atoms with Crippen molar-refractivity contribution in [1.29, 1.82) is 0 Å². The first-order valence-corrected chi connectivity index (χ1v) is 8.24. The Bertz CT molecular complexity index is 491. The predicted octanol–water partition coefficient (Wildman–Crippen LogP) is 2.30. The van der Waals surface area contributed by atoms with Crippen LogP contribution in [-0.2, 0) is 14.2 Å². The van der Waals surface area contributed by atoms with Gasteiger partial charge in [0.2, 0.25) is 0 Å². The molecule has 0 spiro atoms. The number of methoxy groups -OCH3 is 2. The van der Waals surface area contributed by atoms with E-state index in [0.29, 0.717) is 37.1 Å². The van der Waals surface area contributed by atoms with E-state index in [9.17, 15) is 4.79 Å². The molecular weight excluding hydrogens is 356 g/mol. The van der Waals surface area contributed by atoms with Gasteiger partial charge in [0.1, 0.15) is 12.4 Å². The van der Waals surface area contributed by atoms with E-state index in [1.165, 1.54) is 18.5 Å². The second-order valence-electron chi connectivity index (χ2n) is 4.55. The van der Waals surface area contributed by atoms with Crippen LogP contribution in [0.15, 0.2) is 24.3 Å². The normalized spacial score (nSPS) is 10.7. The molecule has 0 unspecified atom stereocenters. The van der Waals surface area contributed by atoms with Gasteiger partial charge in [-0.25, -0.2) is 9.10 Å². The number of hydrogen-bond acceptors (Lipinski definition) is 6. The Labute approximate surface area is 152 Å². The van der Waals surface area contributed by atoms with Crippen LogP contribution in [-0.4, -0.2) is 58.8 Å². The number of halogens is 1. The molecule has 0 aliphatic heterocycles. The summed E-state index contributed by atoms with van der Waals surface area (Å²) < 4.78 is 22.0. The molecule has 136 valence electrons. The molecular formula is C15H23ClN2O5S. The van der Waals surface area contributed by atoms with E-state index in [0.717, 1.165) is 0 Å². The lowest BCUT2D eigenvalue weighted by Crippen LogP contribution is -2.39. The number of alkyl halides is 1. The lowest BCUT2D eigenvalue weighted by molar-refractivity contribution is -0.0970. The summed E-state index contributed by atoms with van der Waals surface area (Å²) in [4.78, 5) is 12.1. The van der Waals surface area contributed by atoms with Crippen molar-refractivity contribution in [3.05, 3.63) is 24.3 Å². The molecule has 0 fully saturated rings. The Balaban J connectivity index is 2.50. The van der Waals surface area contributed by atoms with Gasteiger partial charge in [0, 0.05) is 26.2 Å². The number of anilines is 1. The van der Waals surface area contributed by atoms with Crippen LogP contribution in [0, 0.1) is 0 Å². The van der Waals surface area contributed by atoms with Crippen LogP contribution in [0.5, 0.6) is 5.75 Å². The molecule has 1 aromatic carbocycles. The Morgan fingerprint density at radius 1 is 1.29 bits per heavy atom. The minimum Gasteiger partial charge on any atom is -0.491 e. The predicted molar refractivity (Wildman–Crippen MR) is 96.1 cm³/mol. The zero-order chi connectivity index (χ0) is 17.8. The second-order valence-corrected chi connectivity index (χ2v) is 5.32. The number of benzene rings is 1. The minimum absolute atomic E-state index is 0.205. The third-order valence-electron chi connectivity index (χ3n) is 2.92. The van der Waals surface area contributed by atoms with Gasteiger partial charge in [-0.2, -0.15) is 0 Å². The molecule has 1 rings (SSSR count). The third kappa shape index (κ3) is 7.59. The Kier molecular flexibility index (Phi) is 10.6. The van der Waals surface area contributed by atoms with Crippen molar-refractivity contribution in [3.63, 3.8) is 0 Å². The van der Waals surface area contributed by atoms with Crippen LogP contribution in [0.1, 0.15) is 0 Å². The number of amides is 2. The molecule has 24 heavy (non-hydrogen) atoms. The topological polar surface area (TPSA) is 69.3 Å². The van der Waals surface area contributed by atoms with Gasteiger partial charge in [0.25, 0.3) is 0 Å². The Hall–Kier alpha value is -1.19. The Morgan fingerprint density at radius 3 is 2.71 bits per heavy atom. The molecule has 0 aliphatic carbocycles. The number of carbonyl (C=O) groups excluding carboxylic acids is 1. The van der Waals surface area contributed by atoms with Gasteiger partial charge in [0.15, 0.2) is 6.29 Å². The van der Waals surface area contributed by atoms with Crippen molar-refractivity contribution in [2.24, 2.45) is 0 Å². The lowest BCUT2D eigenvalue weighted by atomic mass is 10.3. The monoisotopic (exact) mass is 378 g/mol. The summed E-state index contributed by atoms with van der Waals surface area (Å²) in [7, 11) is 2.99. The molecule has 0 bridgehead atoms. The van der Waals surface area contributed by atoms with Crippen molar-refractivity contribution >= 4 is 36.1 Å². The van der Waals surface area contributed by atoms with Gasteiger partial charge in [-0.3, -0.25) is 0 Å². The number of hydrogen-bond donors (Lipinski definition) is 2. The third-order valence-corrected chi connectivity index (χ3v) is 3.49. The van der Waals surface area contributed by atoms with Crippen LogP contribution in [0.25, 0.3) is 0 Å². The van der Waals surface area contributed by atoms with E-state index >= 15 is 0 Å². The Morgan fingerprint density at radius 2 is 2.04 bits per heavy atom. The van der Waals surface area contributed by atoms with Crippen LogP contribution in [0.4, 0.5) is 10.5 Å². The first kappa shape index (κ1) is 20.9. The summed E-state index contributed by atoms with van der Waals surface area (Å²) in [6.45, 7) is 1.52. The quantitative estimate of drug-likeness (QED) is 0.267. The number of rotatable bonds is 11. The maximum atomic E-state index is 12.1. The number of thiol groups is 1. The SMILES string of the molecule is COC(CNC(=O)N(S)c1cccc(OCCOCCCl)c1)OC. The van der Waals surface area contributed by atoms with E-state index in [1.54, 1.807) is 24.3 Å². The maximum Gasteiger partial charge on any atom is 0.332 e. The highest BCUT2D eigenvalue weighted by Crippen LogP contribution is 2.22. The summed E-state index contributed by atoms with van der Waals surface area (Å²) >= 11 is 9.72. The molecule has 1 aromatic rings. The molecule has 0 saturated carbocycles. The molecule has 0 atom stereocenters. The average molecular weight is 379 g/mol. The number of ether oxygens (including phenoxy) is 4. The summed E-state index contributed by atoms with van der Waals surface area (Å²) in [5.74, 6) is 1.06. The number of carbonyl (C=O) groups is 1. The van der Waals surface area contributed by atoms with Gasteiger partial charge < -0.3 is 24.3 Å². The molecule has 0 radical (unpaired) electrons. The van der Waals surface area contributed by atoms with Gasteiger partial charge in [-0.15, -0.1) is 11.6 Å². The van der Waals surface area contributed by atoms with Crippen molar-refractivity contribution in [2.45, 2.75) is 6.29 Å². The molecule has 7 nitrogen and oxygen atoms in total. The highest BCUT2D eigenvalue weighted by molar-refractivity contribution is 7.82. The molecule has 0 heterocycles. The number of nitrogens with one attached hydrogen (secondary N) is 1. The molecule has 2 amide bonds. The van der Waals surface area contributed by atoms with Crippen molar-refractivity contribution in [1.82, 2.24) is 5.32 Å². The minimum atomic E-state index is -0.515. The summed E-state index contributed by atoms with van der Waals surface area (Å²) in [6, 6.07) is 6.61. The summed E-state index contributed by atoms with van der Waals surface area (Å²) in [6.07, 6.45) is -0.515. The first-order valence-electron chi connectivity index (χ1n) is 7.31. The van der Waals surface area contributed by atoms with Crippen molar-refractivity contribution in [3.8, 4) is 5.75 Å². The lowest BCUT2D eigenvalue weighted by Gasteiger charge is -2.19. The van der Waals surface area contributed by atoms with E-state index in [1.807, 2.05) is 0 Å². The first-order chi connectivity index (χ1) is 11.6. The summed E-state index contributed by atoms with van der Waals surface area (Å²) in [5, 5.41) is 2.66. The van der Waals surface area contributed by atoms with Crippen LogP contribution >= 0.6 is 24.4 Å². The van der Waals surface area contributed by atoms with E-state index in [-0.39, 0.29) is 6.54 Å². The fourth-order valence-corrected chi connectivity index (χ4v) is 2.01. The highest BCUT2D eigenvalue weighted by Gasteiger charge is 2.14. The molecule has 1 N–H and O–H groups in total. The molecule has 9 heteroatoms. The molecule has 0 saturated heterocycles. The van der Waals surface area contributed by atoms with Crippen molar-refractivity contribution < 1.29 is 23.7 Å². The largest absolute Gasteiger partial charge is 0.491 e. The van der Waals surface area contributed by atoms with E-state index in [2.05, 4.69) is 18.1 Å². The molecule has 0 aliphatic rings. The van der Waals surface area contributed by atoms with Crippen LogP contribution < -0.4 is 14.4 Å². The van der Waals surface area contributed by atoms with Gasteiger partial charge >= 0.3 is 6.03 Å².